The number of nitrogens with zero attached hydrogens (tertiary/aromatic N) is 3. The van der Waals surface area contributed by atoms with Gasteiger partial charge < -0.3 is 10.7 Å². The molecule has 25 heavy (non-hydrogen) atoms. The monoisotopic (exact) mass is 346 g/mol. The van der Waals surface area contributed by atoms with Gasteiger partial charge in [-0.05, 0) is 38.2 Å². The highest BCUT2D eigenvalue weighted by atomic mass is 19.1. The smallest absolute Gasteiger partial charge is 0.350 e. The molecule has 1 unspecified atom stereocenters. The number of benzene rings is 1. The van der Waals surface area contributed by atoms with Crippen molar-refractivity contribution in [3.63, 3.8) is 0 Å². The summed E-state index contributed by atoms with van der Waals surface area (Å²) in [5, 5.41) is 0.180. The molecule has 0 amide bonds. The number of nitrogens with two attached hydrogens (primary N) is 1. The molecular weight excluding hydrogens is 323 g/mol. The first kappa shape index (κ1) is 16.2. The molecule has 0 radical (unpaired) electrons. The molecule has 4 rings (SSSR count). The third-order valence-corrected chi connectivity index (χ3v) is 5.66. The number of halogens is 1. The van der Waals surface area contributed by atoms with Gasteiger partial charge in [0.25, 0.3) is 5.56 Å². The molecule has 1 aliphatic carbocycles. The highest BCUT2D eigenvalue weighted by molar-refractivity contribution is 5.87. The van der Waals surface area contributed by atoms with E-state index in [9.17, 15) is 14.0 Å². The Morgan fingerprint density at radius 3 is 2.60 bits per heavy atom. The number of anilines is 1. The van der Waals surface area contributed by atoms with Gasteiger partial charge >= 0.3 is 5.69 Å². The molecule has 1 saturated carbocycles. The van der Waals surface area contributed by atoms with Crippen LogP contribution in [0.3, 0.4) is 0 Å². The lowest BCUT2D eigenvalue weighted by Gasteiger charge is -2.24. The zero-order chi connectivity index (χ0) is 17.9. The molecule has 134 valence electrons. The van der Waals surface area contributed by atoms with Gasteiger partial charge in [0.1, 0.15) is 5.82 Å². The van der Waals surface area contributed by atoms with Crippen LogP contribution < -0.4 is 22.0 Å². The average molecular weight is 346 g/mol. The van der Waals surface area contributed by atoms with E-state index in [4.69, 9.17) is 5.84 Å². The molecule has 1 saturated heterocycles. The Morgan fingerprint density at radius 1 is 1.28 bits per heavy atom. The molecule has 0 spiro atoms. The summed E-state index contributed by atoms with van der Waals surface area (Å²) < 4.78 is 17.1. The van der Waals surface area contributed by atoms with E-state index in [1.807, 2.05) is 4.90 Å². The first-order valence-corrected chi connectivity index (χ1v) is 8.94. The molecule has 1 aromatic heterocycles. The van der Waals surface area contributed by atoms with E-state index < -0.39 is 17.1 Å². The third kappa shape index (κ3) is 2.36. The summed E-state index contributed by atoms with van der Waals surface area (Å²) in [5.41, 5.74) is 0.558. The fourth-order valence-electron chi connectivity index (χ4n) is 4.09. The summed E-state index contributed by atoms with van der Waals surface area (Å²) in [6.45, 7) is 5.55. The van der Waals surface area contributed by atoms with Crippen molar-refractivity contribution in [1.29, 1.82) is 0 Å². The lowest BCUT2D eigenvalue weighted by Crippen LogP contribution is -2.44. The second kappa shape index (κ2) is 5.61. The SMILES string of the molecule is CCC1CCN(c2c(F)cc3c(=O)n(N)c(=O)n(C4CC4)c3c2C)C1. The minimum atomic E-state index is -0.640. The molecule has 2 N–H and O–H groups in total. The molecule has 0 bridgehead atoms. The van der Waals surface area contributed by atoms with Crippen LogP contribution in [-0.4, -0.2) is 22.3 Å². The zero-order valence-corrected chi connectivity index (χ0v) is 14.6. The van der Waals surface area contributed by atoms with Crippen LogP contribution in [0.1, 0.15) is 44.2 Å². The van der Waals surface area contributed by atoms with Crippen molar-refractivity contribution < 1.29 is 4.39 Å². The van der Waals surface area contributed by atoms with Crippen molar-refractivity contribution in [3.8, 4) is 0 Å². The summed E-state index contributed by atoms with van der Waals surface area (Å²) in [7, 11) is 0. The lowest BCUT2D eigenvalue weighted by atomic mass is 10.1. The minimum absolute atomic E-state index is 0.0457. The van der Waals surface area contributed by atoms with E-state index in [-0.39, 0.29) is 11.4 Å². The maximum absolute atomic E-state index is 14.9. The maximum Gasteiger partial charge on any atom is 0.350 e. The van der Waals surface area contributed by atoms with Gasteiger partial charge in [-0.2, -0.15) is 4.68 Å². The van der Waals surface area contributed by atoms with Crippen LogP contribution in [0.15, 0.2) is 15.7 Å². The van der Waals surface area contributed by atoms with Gasteiger partial charge in [-0.1, -0.05) is 13.3 Å². The van der Waals surface area contributed by atoms with Crippen molar-refractivity contribution in [2.24, 2.45) is 5.92 Å². The first-order valence-electron chi connectivity index (χ1n) is 8.94. The molecule has 1 aliphatic heterocycles. The standard InChI is InChI=1S/C18H23FN4O2/c1-3-11-6-7-21(9-11)16-10(2)15-13(8-14(16)19)17(24)23(20)18(25)22(15)12-4-5-12/h8,11-12H,3-7,9,20H2,1-2H3. The molecular formula is C18H23FN4O2. The van der Waals surface area contributed by atoms with Gasteiger partial charge in [-0.15, -0.1) is 0 Å². The molecule has 2 heterocycles. The summed E-state index contributed by atoms with van der Waals surface area (Å²) >= 11 is 0. The fourth-order valence-corrected chi connectivity index (χ4v) is 4.09. The van der Waals surface area contributed by atoms with E-state index in [1.54, 1.807) is 11.5 Å². The fraction of sp³-hybridized carbons (Fsp3) is 0.556. The van der Waals surface area contributed by atoms with E-state index in [1.165, 1.54) is 6.07 Å². The van der Waals surface area contributed by atoms with Crippen LogP contribution in [0.25, 0.3) is 10.9 Å². The molecule has 6 nitrogen and oxygen atoms in total. The Balaban J connectivity index is 2.01. The van der Waals surface area contributed by atoms with E-state index in [0.717, 1.165) is 38.8 Å². The third-order valence-electron chi connectivity index (χ3n) is 5.66. The normalized spacial score (nSPS) is 20.6. The largest absolute Gasteiger partial charge is 0.369 e. The van der Waals surface area contributed by atoms with Crippen molar-refractivity contribution in [1.82, 2.24) is 9.24 Å². The predicted octanol–water partition coefficient (Wildman–Crippen LogP) is 1.90. The predicted molar refractivity (Wildman–Crippen MR) is 96.2 cm³/mol. The number of fused-ring (bicyclic) bond motifs is 1. The Morgan fingerprint density at radius 2 is 2.00 bits per heavy atom. The van der Waals surface area contributed by atoms with E-state index >= 15 is 0 Å². The van der Waals surface area contributed by atoms with Crippen LogP contribution in [-0.2, 0) is 0 Å². The van der Waals surface area contributed by atoms with Gasteiger partial charge in [0.15, 0.2) is 0 Å². The van der Waals surface area contributed by atoms with Crippen molar-refractivity contribution in [2.75, 3.05) is 23.8 Å². The second-order valence-electron chi connectivity index (χ2n) is 7.30. The van der Waals surface area contributed by atoms with Crippen LogP contribution in [0.2, 0.25) is 0 Å². The van der Waals surface area contributed by atoms with Crippen LogP contribution in [0.4, 0.5) is 10.1 Å². The van der Waals surface area contributed by atoms with Crippen LogP contribution in [0, 0.1) is 18.7 Å². The van der Waals surface area contributed by atoms with Gasteiger partial charge in [-0.3, -0.25) is 9.36 Å². The number of hydrogen-bond acceptors (Lipinski definition) is 4. The number of rotatable bonds is 3. The highest BCUT2D eigenvalue weighted by Gasteiger charge is 2.32. The minimum Gasteiger partial charge on any atom is -0.369 e. The Kier molecular flexibility index (Phi) is 3.63. The highest BCUT2D eigenvalue weighted by Crippen LogP contribution is 2.39. The quantitative estimate of drug-likeness (QED) is 0.862. The number of hydrogen-bond donors (Lipinski definition) is 1. The summed E-state index contributed by atoms with van der Waals surface area (Å²) in [4.78, 5) is 27.0. The van der Waals surface area contributed by atoms with Gasteiger partial charge in [-0.25, -0.2) is 9.18 Å². The first-order chi connectivity index (χ1) is 11.9. The van der Waals surface area contributed by atoms with Gasteiger partial charge in [0, 0.05) is 24.7 Å². The summed E-state index contributed by atoms with van der Waals surface area (Å²) in [6.07, 6.45) is 3.85. The maximum atomic E-state index is 14.9. The molecule has 1 atom stereocenters. The number of nitrogen functional groups attached to an aromatic ring is 1. The van der Waals surface area contributed by atoms with Crippen LogP contribution >= 0.6 is 0 Å². The molecule has 2 aromatic rings. The zero-order valence-electron chi connectivity index (χ0n) is 14.6. The molecule has 7 heteroatoms. The second-order valence-corrected chi connectivity index (χ2v) is 7.30. The summed E-state index contributed by atoms with van der Waals surface area (Å²) in [5.74, 6) is 5.78. The van der Waals surface area contributed by atoms with E-state index in [2.05, 4.69) is 6.92 Å². The van der Waals surface area contributed by atoms with Gasteiger partial charge in [0.05, 0.1) is 16.6 Å². The van der Waals surface area contributed by atoms with E-state index in [0.29, 0.717) is 27.4 Å². The van der Waals surface area contributed by atoms with Crippen LogP contribution in [0.5, 0.6) is 0 Å². The molecule has 2 fully saturated rings. The average Bonchev–Trinajstić information content (AvgIpc) is 3.31. The number of aryl methyl sites for hydroxylation is 1. The molecule has 1 aromatic carbocycles. The van der Waals surface area contributed by atoms with Gasteiger partial charge in [0.2, 0.25) is 0 Å². The van der Waals surface area contributed by atoms with Crippen molar-refractivity contribution in [3.05, 3.63) is 38.3 Å². The Labute approximate surface area is 144 Å². The topological polar surface area (TPSA) is 73.3 Å². The molecule has 2 aliphatic rings. The summed E-state index contributed by atoms with van der Waals surface area (Å²) in [6, 6.07) is 1.30. The van der Waals surface area contributed by atoms with Crippen molar-refractivity contribution in [2.45, 2.75) is 45.6 Å². The Hall–Kier alpha value is -2.31. The number of aromatic nitrogens is 2. The lowest BCUT2D eigenvalue weighted by molar-refractivity contribution is 0.566. The Bertz CT molecular complexity index is 974. The van der Waals surface area contributed by atoms with Crippen molar-refractivity contribution >= 4 is 16.6 Å².